The molecule has 1 aromatic heterocycles. The number of carbonyl (C=O) groups excluding carboxylic acids is 1. The van der Waals surface area contributed by atoms with E-state index in [1.165, 1.54) is 31.2 Å². The SMILES string of the molecule is CCCCCCCc1cnc(C(=O)Oc2ccc(C[C@@H](C)CC)cc2)nc1. The highest BCUT2D eigenvalue weighted by atomic mass is 16.5. The zero-order valence-corrected chi connectivity index (χ0v) is 16.9. The maximum absolute atomic E-state index is 12.2. The Kier molecular flexibility index (Phi) is 8.96. The van der Waals surface area contributed by atoms with Crippen molar-refractivity contribution in [1.29, 1.82) is 0 Å². The Hall–Kier alpha value is -2.23. The highest BCUT2D eigenvalue weighted by Crippen LogP contribution is 2.17. The Labute approximate surface area is 163 Å². The maximum atomic E-state index is 12.2. The molecule has 0 aliphatic heterocycles. The van der Waals surface area contributed by atoms with Gasteiger partial charge in [-0.3, -0.25) is 0 Å². The first-order valence-corrected chi connectivity index (χ1v) is 10.2. The fourth-order valence-corrected chi connectivity index (χ4v) is 2.91. The second-order valence-corrected chi connectivity index (χ2v) is 7.33. The van der Waals surface area contributed by atoms with Crippen molar-refractivity contribution in [2.24, 2.45) is 5.92 Å². The summed E-state index contributed by atoms with van der Waals surface area (Å²) in [5.74, 6) is 0.765. The second-order valence-electron chi connectivity index (χ2n) is 7.33. The first-order valence-electron chi connectivity index (χ1n) is 10.2. The minimum Gasteiger partial charge on any atom is -0.421 e. The Morgan fingerprint density at radius 3 is 2.26 bits per heavy atom. The quantitative estimate of drug-likeness (QED) is 0.286. The van der Waals surface area contributed by atoms with E-state index in [2.05, 4.69) is 30.7 Å². The van der Waals surface area contributed by atoms with Crippen molar-refractivity contribution >= 4 is 5.97 Å². The van der Waals surface area contributed by atoms with Crippen LogP contribution in [0.25, 0.3) is 0 Å². The Morgan fingerprint density at radius 1 is 0.963 bits per heavy atom. The van der Waals surface area contributed by atoms with Gasteiger partial charge in [0.15, 0.2) is 0 Å². The lowest BCUT2D eigenvalue weighted by Crippen LogP contribution is -2.13. The van der Waals surface area contributed by atoms with Crippen molar-refractivity contribution < 1.29 is 9.53 Å². The molecule has 0 N–H and O–H groups in total. The van der Waals surface area contributed by atoms with Crippen LogP contribution in [-0.4, -0.2) is 15.9 Å². The van der Waals surface area contributed by atoms with Gasteiger partial charge in [0.2, 0.25) is 5.82 Å². The van der Waals surface area contributed by atoms with Gasteiger partial charge in [0.1, 0.15) is 5.75 Å². The molecule has 4 heteroatoms. The molecule has 2 rings (SSSR count). The van der Waals surface area contributed by atoms with E-state index in [-0.39, 0.29) is 5.82 Å². The molecule has 0 bridgehead atoms. The summed E-state index contributed by atoms with van der Waals surface area (Å²) < 4.78 is 5.39. The number of unbranched alkanes of at least 4 members (excludes halogenated alkanes) is 4. The molecule has 1 heterocycles. The van der Waals surface area contributed by atoms with Crippen molar-refractivity contribution in [2.45, 2.75) is 72.1 Å². The molecule has 0 saturated carbocycles. The van der Waals surface area contributed by atoms with Crippen LogP contribution < -0.4 is 4.74 Å². The Bertz CT molecular complexity index is 681. The van der Waals surface area contributed by atoms with Crippen LogP contribution in [0.1, 0.15) is 81.0 Å². The van der Waals surface area contributed by atoms with Gasteiger partial charge >= 0.3 is 5.97 Å². The number of ether oxygens (including phenoxy) is 1. The number of hydrogen-bond acceptors (Lipinski definition) is 4. The number of rotatable bonds is 11. The minimum absolute atomic E-state index is 0.105. The lowest BCUT2D eigenvalue weighted by atomic mass is 9.99. The molecular formula is C23H32N2O2. The predicted molar refractivity (Wildman–Crippen MR) is 109 cm³/mol. The van der Waals surface area contributed by atoms with E-state index in [9.17, 15) is 4.79 Å². The largest absolute Gasteiger partial charge is 0.421 e. The highest BCUT2D eigenvalue weighted by molar-refractivity contribution is 5.86. The third-order valence-electron chi connectivity index (χ3n) is 4.87. The van der Waals surface area contributed by atoms with Gasteiger partial charge < -0.3 is 4.74 Å². The lowest BCUT2D eigenvalue weighted by molar-refractivity contribution is 0.0721. The van der Waals surface area contributed by atoms with Gasteiger partial charge in [0.25, 0.3) is 0 Å². The van der Waals surface area contributed by atoms with Crippen LogP contribution in [-0.2, 0) is 12.8 Å². The molecule has 0 saturated heterocycles. The number of hydrogen-bond donors (Lipinski definition) is 0. The molecule has 0 spiro atoms. The van der Waals surface area contributed by atoms with Gasteiger partial charge in [-0.25, -0.2) is 14.8 Å². The summed E-state index contributed by atoms with van der Waals surface area (Å²) in [5, 5.41) is 0. The average Bonchev–Trinajstić information content (AvgIpc) is 2.69. The monoisotopic (exact) mass is 368 g/mol. The number of nitrogens with zero attached hydrogens (tertiary/aromatic N) is 2. The topological polar surface area (TPSA) is 52.1 Å². The van der Waals surface area contributed by atoms with Crippen LogP contribution in [0, 0.1) is 5.92 Å². The molecule has 2 aromatic rings. The summed E-state index contributed by atoms with van der Waals surface area (Å²) >= 11 is 0. The molecule has 0 radical (unpaired) electrons. The molecule has 0 amide bonds. The zero-order valence-electron chi connectivity index (χ0n) is 16.9. The van der Waals surface area contributed by atoms with Crippen LogP contribution >= 0.6 is 0 Å². The van der Waals surface area contributed by atoms with Crippen molar-refractivity contribution in [3.05, 3.63) is 53.6 Å². The molecule has 0 aliphatic carbocycles. The van der Waals surface area contributed by atoms with Gasteiger partial charge in [0, 0.05) is 12.4 Å². The minimum atomic E-state index is -0.515. The third kappa shape index (κ3) is 7.49. The number of benzene rings is 1. The molecule has 1 atom stereocenters. The molecule has 27 heavy (non-hydrogen) atoms. The standard InChI is InChI=1S/C23H32N2O2/c1-4-6-7-8-9-10-20-16-24-22(25-17-20)23(26)27-21-13-11-19(12-14-21)15-18(3)5-2/h11-14,16-18H,4-10,15H2,1-3H3/t18-/m0/s1. The molecule has 0 unspecified atom stereocenters. The lowest BCUT2D eigenvalue weighted by Gasteiger charge is -2.09. The van der Waals surface area contributed by atoms with E-state index in [0.717, 1.165) is 31.2 Å². The third-order valence-corrected chi connectivity index (χ3v) is 4.87. The van der Waals surface area contributed by atoms with Crippen LogP contribution in [0.2, 0.25) is 0 Å². The summed E-state index contributed by atoms with van der Waals surface area (Å²) in [6, 6.07) is 7.69. The highest BCUT2D eigenvalue weighted by Gasteiger charge is 2.12. The fourth-order valence-electron chi connectivity index (χ4n) is 2.91. The van der Waals surface area contributed by atoms with Crippen molar-refractivity contribution in [2.75, 3.05) is 0 Å². The van der Waals surface area contributed by atoms with E-state index in [4.69, 9.17) is 4.74 Å². The van der Waals surface area contributed by atoms with Crippen molar-refractivity contribution in [3.63, 3.8) is 0 Å². The van der Waals surface area contributed by atoms with Gasteiger partial charge in [-0.15, -0.1) is 0 Å². The van der Waals surface area contributed by atoms with Gasteiger partial charge in [0.05, 0.1) is 0 Å². The first kappa shape index (κ1) is 21.1. The maximum Gasteiger partial charge on any atom is 0.381 e. The second kappa shape index (κ2) is 11.5. The van der Waals surface area contributed by atoms with E-state index >= 15 is 0 Å². The number of esters is 1. The normalized spacial score (nSPS) is 12.0. The summed E-state index contributed by atoms with van der Waals surface area (Å²) in [6.45, 7) is 6.64. The van der Waals surface area contributed by atoms with E-state index in [1.54, 1.807) is 12.4 Å². The number of carbonyl (C=O) groups is 1. The van der Waals surface area contributed by atoms with E-state index in [1.807, 2.05) is 24.3 Å². The Balaban J connectivity index is 1.83. The van der Waals surface area contributed by atoms with Crippen molar-refractivity contribution in [3.8, 4) is 5.75 Å². The van der Waals surface area contributed by atoms with E-state index in [0.29, 0.717) is 11.7 Å². The number of aromatic nitrogens is 2. The molecule has 4 nitrogen and oxygen atoms in total. The van der Waals surface area contributed by atoms with Gasteiger partial charge in [-0.2, -0.15) is 0 Å². The van der Waals surface area contributed by atoms with Crippen LogP contribution in [0.5, 0.6) is 5.75 Å². The molecule has 146 valence electrons. The van der Waals surface area contributed by atoms with E-state index < -0.39 is 5.97 Å². The van der Waals surface area contributed by atoms with Gasteiger partial charge in [-0.1, -0.05) is 65.0 Å². The fraction of sp³-hybridized carbons (Fsp3) is 0.522. The van der Waals surface area contributed by atoms with Crippen LogP contribution in [0.15, 0.2) is 36.7 Å². The average molecular weight is 369 g/mol. The van der Waals surface area contributed by atoms with Crippen LogP contribution in [0.4, 0.5) is 0 Å². The van der Waals surface area contributed by atoms with Crippen LogP contribution in [0.3, 0.4) is 0 Å². The predicted octanol–water partition coefficient (Wildman–Crippen LogP) is 5.80. The van der Waals surface area contributed by atoms with Gasteiger partial charge in [-0.05, 0) is 48.4 Å². The van der Waals surface area contributed by atoms with Crippen molar-refractivity contribution in [1.82, 2.24) is 9.97 Å². The smallest absolute Gasteiger partial charge is 0.381 e. The summed E-state index contributed by atoms with van der Waals surface area (Å²) in [7, 11) is 0. The molecule has 0 aliphatic rings. The Morgan fingerprint density at radius 2 is 1.63 bits per heavy atom. The summed E-state index contributed by atoms with van der Waals surface area (Å²) in [4.78, 5) is 20.6. The summed E-state index contributed by atoms with van der Waals surface area (Å²) in [6.07, 6.45) is 12.8. The zero-order chi connectivity index (χ0) is 19.5. The first-order chi connectivity index (χ1) is 13.1. The molecular weight excluding hydrogens is 336 g/mol. The molecule has 0 fully saturated rings. The number of aryl methyl sites for hydroxylation is 1. The molecule has 1 aromatic carbocycles. The summed E-state index contributed by atoms with van der Waals surface area (Å²) in [5.41, 5.74) is 2.32.